The number of anilines is 1. The predicted molar refractivity (Wildman–Crippen MR) is 140 cm³/mol. The number of rotatable bonds is 6. The van der Waals surface area contributed by atoms with Crippen LogP contribution in [0.25, 0.3) is 22.0 Å². The van der Waals surface area contributed by atoms with Crippen LogP contribution in [0.4, 0.5) is 10.2 Å². The van der Waals surface area contributed by atoms with Crippen LogP contribution >= 0.6 is 0 Å². The highest BCUT2D eigenvalue weighted by Gasteiger charge is 2.40. The average Bonchev–Trinajstić information content (AvgIpc) is 3.54. The molecule has 8 heteroatoms. The summed E-state index contributed by atoms with van der Waals surface area (Å²) in [6.45, 7) is 5.32. The van der Waals surface area contributed by atoms with Crippen LogP contribution in [-0.2, 0) is 4.74 Å². The van der Waals surface area contributed by atoms with Crippen molar-refractivity contribution in [2.24, 2.45) is 0 Å². The molecular formula is C29H33FN4O3. The van der Waals surface area contributed by atoms with Gasteiger partial charge in [0.2, 0.25) is 0 Å². The fourth-order valence-electron chi connectivity index (χ4n) is 6.42. The summed E-state index contributed by atoms with van der Waals surface area (Å²) in [6.07, 6.45) is 5.02. The van der Waals surface area contributed by atoms with Crippen molar-refractivity contribution >= 4 is 16.7 Å². The number of hydrogen-bond acceptors (Lipinski definition) is 7. The quantitative estimate of drug-likeness (QED) is 0.520. The van der Waals surface area contributed by atoms with Crippen LogP contribution in [-0.4, -0.2) is 61.6 Å². The van der Waals surface area contributed by atoms with Gasteiger partial charge in [0.15, 0.2) is 0 Å². The first kappa shape index (κ1) is 23.2. The summed E-state index contributed by atoms with van der Waals surface area (Å²) >= 11 is 0. The lowest BCUT2D eigenvalue weighted by Gasteiger charge is -2.31. The summed E-state index contributed by atoms with van der Waals surface area (Å²) in [5.41, 5.74) is 4.36. The lowest BCUT2D eigenvalue weighted by atomic mass is 9.89. The van der Waals surface area contributed by atoms with Gasteiger partial charge in [-0.25, -0.2) is 4.39 Å². The third-order valence-electron chi connectivity index (χ3n) is 8.46. The molecular weight excluding hydrogens is 471 g/mol. The van der Waals surface area contributed by atoms with Crippen LogP contribution in [0.3, 0.4) is 0 Å². The Morgan fingerprint density at radius 1 is 1.11 bits per heavy atom. The molecule has 3 saturated heterocycles. The number of fused-ring (bicyclic) bond motifs is 3. The van der Waals surface area contributed by atoms with E-state index in [1.54, 1.807) is 13.2 Å². The van der Waals surface area contributed by atoms with E-state index in [0.717, 1.165) is 73.0 Å². The van der Waals surface area contributed by atoms with Crippen molar-refractivity contribution in [3.8, 4) is 22.9 Å². The van der Waals surface area contributed by atoms with Crippen molar-refractivity contribution in [1.29, 1.82) is 0 Å². The minimum Gasteiger partial charge on any atom is -0.496 e. The van der Waals surface area contributed by atoms with Crippen LogP contribution in [0.5, 0.6) is 11.8 Å². The lowest BCUT2D eigenvalue weighted by Crippen LogP contribution is -2.44. The Balaban J connectivity index is 1.45. The van der Waals surface area contributed by atoms with Crippen molar-refractivity contribution in [1.82, 2.24) is 15.3 Å². The molecule has 0 amide bonds. The van der Waals surface area contributed by atoms with Crippen molar-refractivity contribution in [2.45, 2.75) is 63.1 Å². The molecule has 4 aliphatic rings. The maximum atomic E-state index is 15.4. The molecule has 2 bridgehead atoms. The van der Waals surface area contributed by atoms with Gasteiger partial charge < -0.3 is 24.4 Å². The summed E-state index contributed by atoms with van der Waals surface area (Å²) in [6, 6.07) is 8.57. The van der Waals surface area contributed by atoms with E-state index in [9.17, 15) is 0 Å². The molecule has 194 valence electrons. The van der Waals surface area contributed by atoms with Gasteiger partial charge in [-0.15, -0.1) is 0 Å². The van der Waals surface area contributed by atoms with Gasteiger partial charge in [-0.05, 0) is 67.0 Å². The van der Waals surface area contributed by atoms with Crippen LogP contribution < -0.4 is 19.7 Å². The van der Waals surface area contributed by atoms with Gasteiger partial charge >= 0.3 is 6.01 Å². The van der Waals surface area contributed by atoms with E-state index in [-0.39, 0.29) is 11.9 Å². The second-order valence-corrected chi connectivity index (χ2v) is 10.9. The Kier molecular flexibility index (Phi) is 5.70. The Morgan fingerprint density at radius 2 is 1.95 bits per heavy atom. The Bertz CT molecular complexity index is 1350. The molecule has 1 saturated carbocycles. The van der Waals surface area contributed by atoms with Crippen LogP contribution in [0, 0.1) is 12.7 Å². The fraction of sp³-hybridized carbons (Fsp3) is 0.517. The summed E-state index contributed by atoms with van der Waals surface area (Å²) < 4.78 is 32.9. The maximum absolute atomic E-state index is 15.4. The van der Waals surface area contributed by atoms with E-state index in [1.807, 2.05) is 6.07 Å². The molecule has 1 N–H and O–H groups in total. The summed E-state index contributed by atoms with van der Waals surface area (Å²) in [7, 11) is 1.60. The SMILES string of the molecule is COc1cccc(F)c1-c1c(C2CC2)cc2c(N3CC4CC3CN4)nc(OC3CCOCC3)nc2c1C. The molecule has 37 heavy (non-hydrogen) atoms. The normalized spacial score (nSPS) is 23.7. The van der Waals surface area contributed by atoms with Crippen molar-refractivity contribution in [2.75, 3.05) is 38.3 Å². The van der Waals surface area contributed by atoms with Gasteiger partial charge in [0, 0.05) is 43.4 Å². The van der Waals surface area contributed by atoms with Gasteiger partial charge in [0.1, 0.15) is 23.5 Å². The van der Waals surface area contributed by atoms with Gasteiger partial charge in [-0.2, -0.15) is 9.97 Å². The fourth-order valence-corrected chi connectivity index (χ4v) is 6.42. The highest BCUT2D eigenvalue weighted by atomic mass is 19.1. The van der Waals surface area contributed by atoms with Gasteiger partial charge in [-0.1, -0.05) is 6.07 Å². The smallest absolute Gasteiger partial charge is 0.319 e. The van der Waals surface area contributed by atoms with Crippen molar-refractivity contribution < 1.29 is 18.6 Å². The molecule has 3 aromatic rings. The van der Waals surface area contributed by atoms with Gasteiger partial charge in [0.05, 0.1) is 31.4 Å². The number of hydrogen-bond donors (Lipinski definition) is 1. The lowest BCUT2D eigenvalue weighted by molar-refractivity contribution is 0.0219. The Labute approximate surface area is 216 Å². The summed E-state index contributed by atoms with van der Waals surface area (Å²) in [5, 5.41) is 4.63. The van der Waals surface area contributed by atoms with E-state index >= 15 is 4.39 Å². The molecule has 7 rings (SSSR count). The minimum atomic E-state index is -0.278. The molecule has 4 heterocycles. The number of piperazine rings is 1. The molecule has 2 unspecified atom stereocenters. The van der Waals surface area contributed by atoms with Crippen molar-refractivity contribution in [3.05, 3.63) is 41.2 Å². The average molecular weight is 505 g/mol. The second kappa shape index (κ2) is 9.10. The molecule has 7 nitrogen and oxygen atoms in total. The zero-order valence-electron chi connectivity index (χ0n) is 21.4. The second-order valence-electron chi connectivity index (χ2n) is 10.9. The van der Waals surface area contributed by atoms with Crippen LogP contribution in [0.1, 0.15) is 49.1 Å². The number of benzene rings is 2. The topological polar surface area (TPSA) is 68.7 Å². The van der Waals surface area contributed by atoms with E-state index in [1.165, 1.54) is 11.6 Å². The van der Waals surface area contributed by atoms with Gasteiger partial charge in [-0.3, -0.25) is 0 Å². The summed E-state index contributed by atoms with van der Waals surface area (Å²) in [5.74, 6) is 1.61. The third kappa shape index (κ3) is 4.01. The minimum absolute atomic E-state index is 0.0351. The standard InChI is InChI=1S/C29H33FN4O3/c1-16-25(26-23(30)4-3-5-24(26)35-2)21(17-6-7-17)13-22-27(16)32-29(37-20-8-10-36-11-9-20)33-28(22)34-15-18-12-19(34)14-31-18/h3-5,13,17-20,31H,6-12,14-15H2,1-2H3. The monoisotopic (exact) mass is 504 g/mol. The predicted octanol–water partition coefficient (Wildman–Crippen LogP) is 4.74. The van der Waals surface area contributed by atoms with E-state index in [2.05, 4.69) is 23.2 Å². The van der Waals surface area contributed by atoms with E-state index in [0.29, 0.717) is 48.5 Å². The Hall–Kier alpha value is -2.97. The number of nitrogens with one attached hydrogen (secondary N) is 1. The van der Waals surface area contributed by atoms with Crippen LogP contribution in [0.15, 0.2) is 24.3 Å². The highest BCUT2D eigenvalue weighted by molar-refractivity contribution is 5.98. The molecule has 0 radical (unpaired) electrons. The number of aromatic nitrogens is 2. The first-order valence-electron chi connectivity index (χ1n) is 13.5. The molecule has 1 aromatic heterocycles. The molecule has 4 fully saturated rings. The first-order valence-corrected chi connectivity index (χ1v) is 13.5. The van der Waals surface area contributed by atoms with E-state index < -0.39 is 0 Å². The third-order valence-corrected chi connectivity index (χ3v) is 8.46. The van der Waals surface area contributed by atoms with Gasteiger partial charge in [0.25, 0.3) is 0 Å². The number of nitrogens with zero attached hydrogens (tertiary/aromatic N) is 3. The zero-order chi connectivity index (χ0) is 25.1. The number of halogens is 1. The first-order chi connectivity index (χ1) is 18.1. The molecule has 2 aromatic carbocycles. The van der Waals surface area contributed by atoms with Crippen LogP contribution in [0.2, 0.25) is 0 Å². The Morgan fingerprint density at radius 3 is 2.65 bits per heavy atom. The number of ether oxygens (including phenoxy) is 3. The number of aryl methyl sites for hydroxylation is 1. The van der Waals surface area contributed by atoms with Crippen molar-refractivity contribution in [3.63, 3.8) is 0 Å². The maximum Gasteiger partial charge on any atom is 0.319 e. The summed E-state index contributed by atoms with van der Waals surface area (Å²) in [4.78, 5) is 12.4. The number of methoxy groups -OCH3 is 1. The molecule has 1 aliphatic carbocycles. The molecule has 3 aliphatic heterocycles. The zero-order valence-corrected chi connectivity index (χ0v) is 21.4. The molecule has 2 atom stereocenters. The van der Waals surface area contributed by atoms with E-state index in [4.69, 9.17) is 24.2 Å². The molecule has 0 spiro atoms. The highest BCUT2D eigenvalue weighted by Crippen LogP contribution is 2.50. The largest absolute Gasteiger partial charge is 0.496 e.